The molecule has 6 bridgehead atoms. The summed E-state index contributed by atoms with van der Waals surface area (Å²) in [5.74, 6) is -1.09. The minimum absolute atomic E-state index is 0.0837. The number of hydrogen-bond acceptors (Lipinski definition) is 12. The number of rotatable bonds is 6. The van der Waals surface area contributed by atoms with Crippen LogP contribution in [0.2, 0.25) is 0 Å². The number of thiol groups is 1. The molecule has 6 atom stereocenters. The number of methoxy groups -OCH3 is 1. The molecule has 1 aromatic carbocycles. The number of carbonyl (C=O) groups excluding carboxylic acids is 3. The smallest absolute Gasteiger partial charge is 0.324 e. The summed E-state index contributed by atoms with van der Waals surface area (Å²) in [6.07, 6.45) is 7.52. The van der Waals surface area contributed by atoms with Crippen molar-refractivity contribution in [2.75, 3.05) is 40.5 Å². The van der Waals surface area contributed by atoms with Gasteiger partial charge in [0.1, 0.15) is 17.0 Å². The van der Waals surface area contributed by atoms with Crippen molar-refractivity contribution in [2.45, 2.75) is 87.9 Å². The number of ether oxygens (including phenoxy) is 3. The van der Waals surface area contributed by atoms with Gasteiger partial charge in [-0.15, -0.1) is 24.4 Å². The third-order valence-corrected chi connectivity index (χ3v) is 14.5. The lowest BCUT2D eigenvalue weighted by molar-refractivity contribution is -0.156. The van der Waals surface area contributed by atoms with Crippen LogP contribution in [0.3, 0.4) is 0 Å². The van der Waals surface area contributed by atoms with Crippen LogP contribution in [-0.2, 0) is 41.6 Å². The standard InChI is InChI=1S/C45H53N7O6S2/c1-6-50-34-12-11-28-21-31(34)32(38(50)29-9-7-16-47-37(29)42(59)56-5)22-44(2,3)26-58-41(54)33-10-8-19-52(48-33)43(55)45(23-36-49(4)35(28)24-60-36)25-51(45)40(53)30-15-20-57-39(30)27-13-17-46-18-14-27/h7,9,11-14,16-18,21,24,30,33,36,39,42,48,59H,6,8,10,15,19-20,22-23,25-26H2,1-5H3/t30-,33+,36?,39+,42+,45?,51?/m1/s1. The van der Waals surface area contributed by atoms with E-state index in [2.05, 4.69) is 77.4 Å². The summed E-state index contributed by atoms with van der Waals surface area (Å²) in [7, 11) is 3.71. The van der Waals surface area contributed by atoms with E-state index in [1.165, 1.54) is 0 Å². The summed E-state index contributed by atoms with van der Waals surface area (Å²) in [4.78, 5) is 56.3. The molecule has 2 unspecified atom stereocenters. The van der Waals surface area contributed by atoms with Gasteiger partial charge in [-0.3, -0.25) is 29.4 Å². The summed E-state index contributed by atoms with van der Waals surface area (Å²) in [5, 5.41) is 4.74. The van der Waals surface area contributed by atoms with Gasteiger partial charge < -0.3 is 28.6 Å². The second-order valence-corrected chi connectivity index (χ2v) is 18.9. The van der Waals surface area contributed by atoms with E-state index >= 15 is 0 Å². The number of fused-ring (bicyclic) bond motifs is 6. The third-order valence-electron chi connectivity index (χ3n) is 12.9. The van der Waals surface area contributed by atoms with Crippen LogP contribution in [0.25, 0.3) is 27.9 Å². The number of hydrogen-bond donors (Lipinski definition) is 2. The molecule has 2 amide bonds. The molecule has 1 spiro atoms. The minimum atomic E-state index is -1.09. The lowest BCUT2D eigenvalue weighted by Gasteiger charge is -2.37. The molecular weight excluding hydrogens is 799 g/mol. The summed E-state index contributed by atoms with van der Waals surface area (Å²) in [6, 6.07) is 13.7. The van der Waals surface area contributed by atoms with Crippen LogP contribution in [-0.4, -0.2) is 105 Å². The number of esters is 1. The van der Waals surface area contributed by atoms with Crippen LogP contribution in [0, 0.1) is 11.3 Å². The topological polar surface area (TPSA) is 131 Å². The first kappa shape index (κ1) is 41.0. The number of aryl methyl sites for hydroxylation is 1. The molecule has 0 radical (unpaired) electrons. The van der Waals surface area contributed by atoms with Crippen molar-refractivity contribution in [3.8, 4) is 11.3 Å². The van der Waals surface area contributed by atoms with Gasteiger partial charge in [-0.05, 0) is 91.1 Å². The fraction of sp³-hybridized carbons (Fsp3) is 0.489. The van der Waals surface area contributed by atoms with Gasteiger partial charge in [-0.2, -0.15) is 0 Å². The highest BCUT2D eigenvalue weighted by molar-refractivity contribution is 8.03. The van der Waals surface area contributed by atoms with E-state index in [0.29, 0.717) is 58.3 Å². The van der Waals surface area contributed by atoms with E-state index in [4.69, 9.17) is 31.8 Å². The number of hydrazine groups is 1. The maximum absolute atomic E-state index is 14.9. The van der Waals surface area contributed by atoms with Crippen LogP contribution < -0.4 is 5.43 Å². The maximum atomic E-state index is 14.9. The average molecular weight is 852 g/mol. The number of pyridine rings is 2. The molecule has 0 aliphatic carbocycles. The van der Waals surface area contributed by atoms with E-state index in [0.717, 1.165) is 50.2 Å². The van der Waals surface area contributed by atoms with Crippen LogP contribution in [0.4, 0.5) is 0 Å². The van der Waals surface area contributed by atoms with E-state index in [1.807, 2.05) is 18.2 Å². The van der Waals surface area contributed by atoms with Gasteiger partial charge >= 0.3 is 5.97 Å². The predicted molar refractivity (Wildman–Crippen MR) is 233 cm³/mol. The van der Waals surface area contributed by atoms with Crippen LogP contribution in [0.1, 0.15) is 80.4 Å². The summed E-state index contributed by atoms with van der Waals surface area (Å²) < 4.78 is 20.3. The molecule has 8 heterocycles. The normalized spacial score (nSPS) is 27.2. The zero-order valence-corrected chi connectivity index (χ0v) is 36.5. The molecule has 1 N–H and O–H groups in total. The van der Waals surface area contributed by atoms with E-state index in [9.17, 15) is 14.4 Å². The number of nitrogens with zero attached hydrogens (tertiary/aromatic N) is 6. The molecule has 316 valence electrons. The minimum Gasteiger partial charge on any atom is -0.464 e. The molecule has 13 nitrogen and oxygen atoms in total. The second kappa shape index (κ2) is 16.1. The Labute approximate surface area is 360 Å². The van der Waals surface area contributed by atoms with Crippen LogP contribution in [0.5, 0.6) is 0 Å². The molecule has 5 aliphatic heterocycles. The van der Waals surface area contributed by atoms with Crippen molar-refractivity contribution in [3.05, 3.63) is 88.8 Å². The number of nitrogens with one attached hydrogen (secondary N) is 1. The zero-order valence-electron chi connectivity index (χ0n) is 34.8. The Bertz CT molecular complexity index is 2350. The van der Waals surface area contributed by atoms with Crippen LogP contribution >= 0.6 is 24.4 Å². The number of carbonyl (C=O) groups is 3. The summed E-state index contributed by atoms with van der Waals surface area (Å²) in [5.41, 5.74) is 9.10. The number of cyclic esters (lactones) is 1. The van der Waals surface area contributed by atoms with Crippen molar-refractivity contribution in [1.29, 1.82) is 0 Å². The fourth-order valence-corrected chi connectivity index (χ4v) is 11.1. The predicted octanol–water partition coefficient (Wildman–Crippen LogP) is 6.37. The quantitative estimate of drug-likeness (QED) is 0.0973. The molecule has 3 fully saturated rings. The Balaban J connectivity index is 1.12. The van der Waals surface area contributed by atoms with Gasteiger partial charge in [0.15, 0.2) is 0 Å². The molecule has 3 aromatic heterocycles. The fourth-order valence-electron chi connectivity index (χ4n) is 9.68. The highest BCUT2D eigenvalue weighted by Gasteiger charge is 2.65. The Morgan fingerprint density at radius 3 is 2.73 bits per heavy atom. The second-order valence-electron chi connectivity index (χ2n) is 17.4. The summed E-state index contributed by atoms with van der Waals surface area (Å²) in [6.45, 7) is 8.46. The van der Waals surface area contributed by atoms with Gasteiger partial charge in [0, 0.05) is 80.7 Å². The van der Waals surface area contributed by atoms with Gasteiger partial charge in [0.25, 0.3) is 5.91 Å². The van der Waals surface area contributed by atoms with E-state index in [-0.39, 0.29) is 23.8 Å². The molecule has 15 heteroatoms. The van der Waals surface area contributed by atoms with Gasteiger partial charge in [0.2, 0.25) is 5.91 Å². The number of benzene rings is 1. The number of amides is 2. The van der Waals surface area contributed by atoms with Crippen molar-refractivity contribution >= 4 is 58.8 Å². The van der Waals surface area contributed by atoms with Crippen molar-refractivity contribution < 1.29 is 28.6 Å². The van der Waals surface area contributed by atoms with Crippen molar-refractivity contribution in [1.82, 2.24) is 34.8 Å². The largest absolute Gasteiger partial charge is 0.464 e. The molecule has 9 rings (SSSR count). The highest BCUT2D eigenvalue weighted by atomic mass is 32.2. The lowest BCUT2D eigenvalue weighted by Crippen LogP contribution is -2.60. The Morgan fingerprint density at radius 2 is 1.95 bits per heavy atom. The first-order valence-corrected chi connectivity index (χ1v) is 22.4. The van der Waals surface area contributed by atoms with E-state index in [1.54, 1.807) is 47.4 Å². The third kappa shape index (κ3) is 7.19. The first-order chi connectivity index (χ1) is 28.9. The number of thioether (sulfide) groups is 1. The Kier molecular flexibility index (Phi) is 11.0. The Hall–Kier alpha value is -4.41. The first-order valence-electron chi connectivity index (χ1n) is 20.9. The molecule has 0 saturated carbocycles. The average Bonchev–Trinajstić information content (AvgIpc) is 3.48. The highest BCUT2D eigenvalue weighted by Crippen LogP contribution is 2.50. The maximum Gasteiger partial charge on any atom is 0.324 e. The zero-order chi connectivity index (χ0) is 41.9. The molecule has 5 aliphatic rings. The molecule has 60 heavy (non-hydrogen) atoms. The molecule has 3 saturated heterocycles. The van der Waals surface area contributed by atoms with E-state index < -0.39 is 40.4 Å². The monoisotopic (exact) mass is 851 g/mol. The number of aromatic nitrogens is 3. The molecule has 4 aromatic rings. The van der Waals surface area contributed by atoms with Gasteiger partial charge in [-0.25, -0.2) is 5.43 Å². The summed E-state index contributed by atoms with van der Waals surface area (Å²) >= 11 is 6.43. The SMILES string of the molecule is CCn1c(-c2cccnc2[C@H](S)OC)c2c3cc(ccc31)C1=CSC(CC3(CN3C(=O)[C@@H]3CCO[C@H]3c3ccncc3)C(=O)N3CCC[C@H](N3)C(=O)OCC(C)(C)C2)N1C. The van der Waals surface area contributed by atoms with Crippen molar-refractivity contribution in [2.24, 2.45) is 11.3 Å². The van der Waals surface area contributed by atoms with Gasteiger partial charge in [0.05, 0.1) is 47.6 Å². The molecular formula is C45H53N7O6S2. The lowest BCUT2D eigenvalue weighted by atomic mass is 9.84. The van der Waals surface area contributed by atoms with Crippen molar-refractivity contribution in [3.63, 3.8) is 0 Å². The Morgan fingerprint density at radius 1 is 1.13 bits per heavy atom. The van der Waals surface area contributed by atoms with Gasteiger partial charge in [-0.1, -0.05) is 19.9 Å². The van der Waals surface area contributed by atoms with Crippen LogP contribution in [0.15, 0.2) is 66.5 Å².